The Morgan fingerprint density at radius 2 is 1.82 bits per heavy atom. The standard InChI is InChI=1S/C28H29N5O6/c1-31-23-19-9-6-12-29-26(19)33(15-20(35)17-7-4-3-5-8-17)28(38)22(23)25(39-2)24(31)27(37)30-18-10-13-32(14-11-18)21(36)16-34/h3-9,12,18,34H,10-11,13-16H2,1-2H3,(H,30,37). The molecule has 2 amide bonds. The molecule has 2 N–H and O–H groups in total. The number of amides is 2. The third-order valence-electron chi connectivity index (χ3n) is 7.24. The van der Waals surface area contributed by atoms with E-state index < -0.39 is 18.1 Å². The van der Waals surface area contributed by atoms with Gasteiger partial charge in [0.05, 0.1) is 19.2 Å². The van der Waals surface area contributed by atoms with Crippen molar-refractivity contribution >= 4 is 39.5 Å². The van der Waals surface area contributed by atoms with E-state index in [9.17, 15) is 19.2 Å². The highest BCUT2D eigenvalue weighted by atomic mass is 16.5. The molecule has 0 unspecified atom stereocenters. The van der Waals surface area contributed by atoms with Gasteiger partial charge in [0.1, 0.15) is 17.6 Å². The van der Waals surface area contributed by atoms with Crippen molar-refractivity contribution in [2.45, 2.75) is 25.4 Å². The first-order valence-corrected chi connectivity index (χ1v) is 12.7. The first-order chi connectivity index (χ1) is 18.8. The summed E-state index contributed by atoms with van der Waals surface area (Å²) in [6.07, 6.45) is 2.62. The molecular formula is C28H29N5O6. The maximum absolute atomic E-state index is 13.9. The molecule has 1 aromatic carbocycles. The van der Waals surface area contributed by atoms with Crippen molar-refractivity contribution in [3.8, 4) is 5.75 Å². The second kappa shape index (κ2) is 10.7. The van der Waals surface area contributed by atoms with Gasteiger partial charge in [-0.1, -0.05) is 30.3 Å². The van der Waals surface area contributed by atoms with Crippen molar-refractivity contribution < 1.29 is 24.2 Å². The fourth-order valence-corrected chi connectivity index (χ4v) is 5.29. The summed E-state index contributed by atoms with van der Waals surface area (Å²) in [6, 6.07) is 12.0. The molecule has 11 heteroatoms. The summed E-state index contributed by atoms with van der Waals surface area (Å²) in [5.41, 5.74) is 0.978. The average Bonchev–Trinajstić information content (AvgIpc) is 3.28. The van der Waals surface area contributed by atoms with Crippen LogP contribution in [0.1, 0.15) is 33.7 Å². The summed E-state index contributed by atoms with van der Waals surface area (Å²) in [5.74, 6) is -0.879. The number of fused-ring (bicyclic) bond motifs is 3. The average molecular weight is 532 g/mol. The Labute approximate surface area is 223 Å². The normalized spacial score (nSPS) is 14.1. The van der Waals surface area contributed by atoms with Gasteiger partial charge in [0.2, 0.25) is 5.91 Å². The topological polar surface area (TPSA) is 136 Å². The number of nitrogens with one attached hydrogen (secondary N) is 1. The van der Waals surface area contributed by atoms with Gasteiger partial charge >= 0.3 is 0 Å². The highest BCUT2D eigenvalue weighted by Crippen LogP contribution is 2.34. The molecule has 0 aliphatic carbocycles. The molecule has 1 fully saturated rings. The molecule has 1 aliphatic rings. The number of rotatable bonds is 7. The van der Waals surface area contributed by atoms with Crippen molar-refractivity contribution in [2.75, 3.05) is 26.8 Å². The van der Waals surface area contributed by atoms with Gasteiger partial charge in [-0.2, -0.15) is 0 Å². The quantitative estimate of drug-likeness (QED) is 0.345. The molecule has 4 heterocycles. The summed E-state index contributed by atoms with van der Waals surface area (Å²) in [6.45, 7) is 0.0819. The van der Waals surface area contributed by atoms with Gasteiger partial charge < -0.3 is 24.6 Å². The minimum Gasteiger partial charge on any atom is -0.493 e. The lowest BCUT2D eigenvalue weighted by Gasteiger charge is -2.32. The molecule has 0 radical (unpaired) electrons. The SMILES string of the molecule is COc1c(C(=O)NC2CCN(C(=O)CO)CC2)n(C)c2c1c(=O)n(CC(=O)c1ccccc1)c1ncccc21. The zero-order valence-electron chi connectivity index (χ0n) is 21.7. The molecule has 1 aliphatic heterocycles. The van der Waals surface area contributed by atoms with E-state index in [1.165, 1.54) is 11.7 Å². The predicted octanol–water partition coefficient (Wildman–Crippen LogP) is 1.49. The number of piperidine rings is 1. The Morgan fingerprint density at radius 3 is 2.49 bits per heavy atom. The molecule has 0 atom stereocenters. The van der Waals surface area contributed by atoms with E-state index in [1.807, 2.05) is 6.07 Å². The number of aromatic nitrogens is 3. The van der Waals surface area contributed by atoms with Crippen LogP contribution in [0.5, 0.6) is 5.75 Å². The van der Waals surface area contributed by atoms with E-state index in [0.717, 1.165) is 0 Å². The smallest absolute Gasteiger partial charge is 0.272 e. The van der Waals surface area contributed by atoms with Crippen LogP contribution in [-0.4, -0.2) is 74.6 Å². The number of ketones is 1. The molecule has 1 saturated heterocycles. The van der Waals surface area contributed by atoms with Crippen LogP contribution in [0.15, 0.2) is 53.5 Å². The van der Waals surface area contributed by atoms with Crippen molar-refractivity contribution in [3.05, 3.63) is 70.3 Å². The highest BCUT2D eigenvalue weighted by molar-refractivity contribution is 6.11. The van der Waals surface area contributed by atoms with Crippen LogP contribution in [0.2, 0.25) is 0 Å². The van der Waals surface area contributed by atoms with Crippen LogP contribution in [0.3, 0.4) is 0 Å². The Bertz CT molecular complexity index is 1630. The Hall–Kier alpha value is -4.51. The number of ether oxygens (including phenoxy) is 1. The van der Waals surface area contributed by atoms with Crippen LogP contribution < -0.4 is 15.6 Å². The summed E-state index contributed by atoms with van der Waals surface area (Å²) in [7, 11) is 3.09. The van der Waals surface area contributed by atoms with E-state index in [0.29, 0.717) is 48.0 Å². The molecule has 4 aromatic rings. The summed E-state index contributed by atoms with van der Waals surface area (Å²) in [5, 5.41) is 12.9. The van der Waals surface area contributed by atoms with Crippen molar-refractivity contribution in [1.82, 2.24) is 24.3 Å². The van der Waals surface area contributed by atoms with E-state index in [-0.39, 0.29) is 41.1 Å². The van der Waals surface area contributed by atoms with Crippen molar-refractivity contribution in [3.63, 3.8) is 0 Å². The Morgan fingerprint density at radius 1 is 1.10 bits per heavy atom. The van der Waals surface area contributed by atoms with Crippen molar-refractivity contribution in [1.29, 1.82) is 0 Å². The van der Waals surface area contributed by atoms with Crippen LogP contribution in [0.4, 0.5) is 0 Å². The van der Waals surface area contributed by atoms with Gasteiger partial charge in [-0.25, -0.2) is 4.98 Å². The van der Waals surface area contributed by atoms with Crippen LogP contribution in [-0.2, 0) is 18.4 Å². The first-order valence-electron chi connectivity index (χ1n) is 12.7. The van der Waals surface area contributed by atoms with Crippen molar-refractivity contribution in [2.24, 2.45) is 7.05 Å². The van der Waals surface area contributed by atoms with Crippen LogP contribution in [0, 0.1) is 0 Å². The molecule has 0 spiro atoms. The Kier molecular flexibility index (Phi) is 7.16. The monoisotopic (exact) mass is 531 g/mol. The number of methoxy groups -OCH3 is 1. The highest BCUT2D eigenvalue weighted by Gasteiger charge is 2.30. The number of aliphatic hydroxyl groups excluding tert-OH is 1. The molecule has 0 saturated carbocycles. The first kappa shape index (κ1) is 26.1. The largest absolute Gasteiger partial charge is 0.493 e. The molecular weight excluding hydrogens is 502 g/mol. The lowest BCUT2D eigenvalue weighted by atomic mass is 10.0. The second-order valence-corrected chi connectivity index (χ2v) is 9.51. The van der Waals surface area contributed by atoms with Gasteiger partial charge in [0.15, 0.2) is 17.2 Å². The molecule has 5 rings (SSSR count). The summed E-state index contributed by atoms with van der Waals surface area (Å²) < 4.78 is 8.60. The van der Waals surface area contributed by atoms with E-state index in [4.69, 9.17) is 9.84 Å². The van der Waals surface area contributed by atoms with Gasteiger partial charge in [-0.05, 0) is 25.0 Å². The maximum atomic E-state index is 13.9. The second-order valence-electron chi connectivity index (χ2n) is 9.51. The van der Waals surface area contributed by atoms with E-state index >= 15 is 0 Å². The number of benzene rings is 1. The fraction of sp³-hybridized carbons (Fsp3) is 0.321. The number of likely N-dealkylation sites (tertiary alicyclic amines) is 1. The number of hydrogen-bond donors (Lipinski definition) is 2. The third kappa shape index (κ3) is 4.65. The Balaban J connectivity index is 1.56. The minimum absolute atomic E-state index is 0.120. The zero-order chi connectivity index (χ0) is 27.7. The number of carbonyl (C=O) groups excluding carboxylic acids is 3. The van der Waals surface area contributed by atoms with Gasteiger partial charge in [-0.15, -0.1) is 0 Å². The predicted molar refractivity (Wildman–Crippen MR) is 144 cm³/mol. The number of hydrogen-bond acceptors (Lipinski definition) is 7. The van der Waals surface area contributed by atoms with E-state index in [2.05, 4.69) is 10.3 Å². The van der Waals surface area contributed by atoms with Gasteiger partial charge in [-0.3, -0.25) is 23.7 Å². The number of carbonyl (C=O) groups is 3. The van der Waals surface area contributed by atoms with Gasteiger partial charge in [0, 0.05) is 43.3 Å². The third-order valence-corrected chi connectivity index (χ3v) is 7.24. The summed E-state index contributed by atoms with van der Waals surface area (Å²) in [4.78, 5) is 58.2. The number of Topliss-reactive ketones (excluding diaryl/α,β-unsaturated/α-hetero) is 1. The van der Waals surface area contributed by atoms with Crippen LogP contribution >= 0.6 is 0 Å². The maximum Gasteiger partial charge on any atom is 0.272 e. The number of aryl methyl sites for hydroxylation is 1. The number of pyridine rings is 2. The number of nitrogens with zero attached hydrogens (tertiary/aromatic N) is 4. The van der Waals surface area contributed by atoms with Gasteiger partial charge in [0.25, 0.3) is 11.5 Å². The summed E-state index contributed by atoms with van der Waals surface area (Å²) >= 11 is 0. The van der Waals surface area contributed by atoms with E-state index in [1.54, 1.807) is 59.1 Å². The molecule has 0 bridgehead atoms. The molecule has 202 valence electrons. The molecule has 39 heavy (non-hydrogen) atoms. The molecule has 3 aromatic heterocycles. The molecule has 11 nitrogen and oxygen atoms in total. The number of aliphatic hydroxyl groups is 1. The lowest BCUT2D eigenvalue weighted by molar-refractivity contribution is -0.135. The minimum atomic E-state index is -0.540. The lowest BCUT2D eigenvalue weighted by Crippen LogP contribution is -2.47. The fourth-order valence-electron chi connectivity index (χ4n) is 5.29. The zero-order valence-corrected chi connectivity index (χ0v) is 21.7. The van der Waals surface area contributed by atoms with Crippen LogP contribution in [0.25, 0.3) is 21.9 Å².